The van der Waals surface area contributed by atoms with E-state index in [2.05, 4.69) is 17.1 Å². The SMILES string of the molecule is C=CCNC(=O)C1CC(=O)N(c2cc(C)on2)C1. The van der Waals surface area contributed by atoms with Gasteiger partial charge in [0.2, 0.25) is 11.8 Å². The van der Waals surface area contributed by atoms with E-state index in [-0.39, 0.29) is 24.2 Å². The molecule has 0 aliphatic carbocycles. The van der Waals surface area contributed by atoms with Crippen LogP contribution >= 0.6 is 0 Å². The summed E-state index contributed by atoms with van der Waals surface area (Å²) in [4.78, 5) is 25.0. The van der Waals surface area contributed by atoms with E-state index in [4.69, 9.17) is 4.52 Å². The summed E-state index contributed by atoms with van der Waals surface area (Å²) < 4.78 is 4.93. The fourth-order valence-electron chi connectivity index (χ4n) is 1.90. The molecule has 1 fully saturated rings. The number of anilines is 1. The number of rotatable bonds is 4. The number of carbonyl (C=O) groups excluding carboxylic acids is 2. The second-order valence-corrected chi connectivity index (χ2v) is 4.23. The van der Waals surface area contributed by atoms with Crippen molar-refractivity contribution in [3.8, 4) is 0 Å². The van der Waals surface area contributed by atoms with Crippen LogP contribution in [0.2, 0.25) is 0 Å². The first-order valence-corrected chi connectivity index (χ1v) is 5.74. The van der Waals surface area contributed by atoms with Crippen LogP contribution in [-0.4, -0.2) is 30.1 Å². The van der Waals surface area contributed by atoms with E-state index in [1.807, 2.05) is 0 Å². The lowest BCUT2D eigenvalue weighted by atomic mass is 10.1. The largest absolute Gasteiger partial charge is 0.360 e. The van der Waals surface area contributed by atoms with Crippen molar-refractivity contribution < 1.29 is 14.1 Å². The highest BCUT2D eigenvalue weighted by molar-refractivity contribution is 5.99. The number of hydrogen-bond donors (Lipinski definition) is 1. The summed E-state index contributed by atoms with van der Waals surface area (Å²) in [6.45, 7) is 6.03. The summed E-state index contributed by atoms with van der Waals surface area (Å²) in [5, 5.41) is 6.48. The van der Waals surface area contributed by atoms with Crippen LogP contribution in [0.25, 0.3) is 0 Å². The van der Waals surface area contributed by atoms with Crippen molar-refractivity contribution in [2.24, 2.45) is 5.92 Å². The Hall–Kier alpha value is -2.11. The summed E-state index contributed by atoms with van der Waals surface area (Å²) >= 11 is 0. The van der Waals surface area contributed by atoms with Crippen LogP contribution in [0.4, 0.5) is 5.82 Å². The Labute approximate surface area is 105 Å². The zero-order chi connectivity index (χ0) is 13.1. The average molecular weight is 249 g/mol. The topological polar surface area (TPSA) is 75.4 Å². The zero-order valence-corrected chi connectivity index (χ0v) is 10.2. The van der Waals surface area contributed by atoms with E-state index in [0.29, 0.717) is 24.7 Å². The summed E-state index contributed by atoms with van der Waals surface area (Å²) in [5.74, 6) is 0.524. The minimum absolute atomic E-state index is 0.109. The number of nitrogens with one attached hydrogen (secondary N) is 1. The van der Waals surface area contributed by atoms with Gasteiger partial charge in [-0.05, 0) is 6.92 Å². The molecule has 0 bridgehead atoms. The number of aryl methyl sites for hydroxylation is 1. The van der Waals surface area contributed by atoms with Crippen LogP contribution < -0.4 is 10.2 Å². The Morgan fingerprint density at radius 1 is 1.78 bits per heavy atom. The monoisotopic (exact) mass is 249 g/mol. The first-order valence-electron chi connectivity index (χ1n) is 5.74. The number of aromatic nitrogens is 1. The molecule has 18 heavy (non-hydrogen) atoms. The first kappa shape index (κ1) is 12.3. The molecule has 1 aliphatic heterocycles. The smallest absolute Gasteiger partial charge is 0.229 e. The molecule has 1 saturated heterocycles. The number of carbonyl (C=O) groups is 2. The van der Waals surface area contributed by atoms with Gasteiger partial charge in [-0.25, -0.2) is 0 Å². The molecule has 2 rings (SSSR count). The average Bonchev–Trinajstić information content (AvgIpc) is 2.92. The molecule has 6 nitrogen and oxygen atoms in total. The summed E-state index contributed by atoms with van der Waals surface area (Å²) in [5.41, 5.74) is 0. The van der Waals surface area contributed by atoms with Crippen LogP contribution in [0.15, 0.2) is 23.2 Å². The number of nitrogens with zero attached hydrogens (tertiary/aromatic N) is 2. The van der Waals surface area contributed by atoms with Crippen molar-refractivity contribution >= 4 is 17.6 Å². The van der Waals surface area contributed by atoms with Crippen molar-refractivity contribution in [2.75, 3.05) is 18.0 Å². The Balaban J connectivity index is 2.02. The fourth-order valence-corrected chi connectivity index (χ4v) is 1.90. The molecule has 1 N–H and O–H groups in total. The Bertz CT molecular complexity index is 481. The predicted octanol–water partition coefficient (Wildman–Crippen LogP) is 0.638. The van der Waals surface area contributed by atoms with Crippen molar-refractivity contribution in [3.05, 3.63) is 24.5 Å². The molecule has 1 aliphatic rings. The van der Waals surface area contributed by atoms with Gasteiger partial charge in [-0.3, -0.25) is 14.5 Å². The minimum atomic E-state index is -0.338. The molecule has 0 radical (unpaired) electrons. The third-order valence-electron chi connectivity index (χ3n) is 2.81. The third kappa shape index (κ3) is 2.42. The molecular weight excluding hydrogens is 234 g/mol. The quantitative estimate of drug-likeness (QED) is 0.794. The first-order chi connectivity index (χ1) is 8.61. The molecule has 1 atom stereocenters. The summed E-state index contributed by atoms with van der Waals surface area (Å²) in [6, 6.07) is 1.68. The van der Waals surface area contributed by atoms with Crippen LogP contribution in [0.3, 0.4) is 0 Å². The molecule has 1 aromatic rings. The highest BCUT2D eigenvalue weighted by Gasteiger charge is 2.36. The Morgan fingerprint density at radius 3 is 3.17 bits per heavy atom. The Kier molecular flexibility index (Phi) is 3.45. The van der Waals surface area contributed by atoms with Crippen molar-refractivity contribution in [2.45, 2.75) is 13.3 Å². The van der Waals surface area contributed by atoms with Crippen molar-refractivity contribution in [1.29, 1.82) is 0 Å². The van der Waals surface area contributed by atoms with Gasteiger partial charge in [0.05, 0.1) is 5.92 Å². The highest BCUT2D eigenvalue weighted by Crippen LogP contribution is 2.24. The number of hydrogen-bond acceptors (Lipinski definition) is 4. The van der Waals surface area contributed by atoms with Gasteiger partial charge in [0.25, 0.3) is 0 Å². The van der Waals surface area contributed by atoms with Gasteiger partial charge in [-0.1, -0.05) is 11.2 Å². The van der Waals surface area contributed by atoms with Crippen LogP contribution in [0, 0.1) is 12.8 Å². The highest BCUT2D eigenvalue weighted by atomic mass is 16.5. The van der Waals surface area contributed by atoms with Gasteiger partial charge >= 0.3 is 0 Å². The van der Waals surface area contributed by atoms with E-state index in [0.717, 1.165) is 0 Å². The van der Waals surface area contributed by atoms with Crippen LogP contribution in [0.1, 0.15) is 12.2 Å². The summed E-state index contributed by atoms with van der Waals surface area (Å²) in [6.07, 6.45) is 1.81. The lowest BCUT2D eigenvalue weighted by Crippen LogP contribution is -2.33. The van der Waals surface area contributed by atoms with E-state index < -0.39 is 0 Å². The maximum atomic E-state index is 11.8. The zero-order valence-electron chi connectivity index (χ0n) is 10.2. The number of amides is 2. The van der Waals surface area contributed by atoms with Gasteiger partial charge in [-0.15, -0.1) is 6.58 Å². The predicted molar refractivity (Wildman–Crippen MR) is 64.9 cm³/mol. The molecule has 6 heteroatoms. The molecule has 2 amide bonds. The normalized spacial score (nSPS) is 19.1. The van der Waals surface area contributed by atoms with Gasteiger partial charge in [0.1, 0.15) is 5.76 Å². The van der Waals surface area contributed by atoms with Crippen molar-refractivity contribution in [1.82, 2.24) is 10.5 Å². The van der Waals surface area contributed by atoms with E-state index in [9.17, 15) is 9.59 Å². The van der Waals surface area contributed by atoms with Gasteiger partial charge in [-0.2, -0.15) is 0 Å². The van der Waals surface area contributed by atoms with Crippen molar-refractivity contribution in [3.63, 3.8) is 0 Å². The van der Waals surface area contributed by atoms with Crippen LogP contribution in [0.5, 0.6) is 0 Å². The van der Waals surface area contributed by atoms with Gasteiger partial charge in [0, 0.05) is 25.6 Å². The maximum absolute atomic E-state index is 11.8. The molecule has 2 heterocycles. The molecule has 1 unspecified atom stereocenters. The maximum Gasteiger partial charge on any atom is 0.229 e. The minimum Gasteiger partial charge on any atom is -0.360 e. The second-order valence-electron chi connectivity index (χ2n) is 4.23. The van der Waals surface area contributed by atoms with E-state index >= 15 is 0 Å². The second kappa shape index (κ2) is 5.03. The van der Waals surface area contributed by atoms with E-state index in [1.54, 1.807) is 19.1 Å². The van der Waals surface area contributed by atoms with E-state index in [1.165, 1.54) is 4.90 Å². The standard InChI is InChI=1S/C12H15N3O3/c1-3-4-13-12(17)9-6-11(16)15(7-9)10-5-8(2)18-14-10/h3,5,9H,1,4,6-7H2,2H3,(H,13,17). The molecule has 0 spiro atoms. The van der Waals surface area contributed by atoms with Crippen LogP contribution in [-0.2, 0) is 9.59 Å². The van der Waals surface area contributed by atoms with Gasteiger partial charge < -0.3 is 9.84 Å². The lowest BCUT2D eigenvalue weighted by molar-refractivity contribution is -0.126. The molecule has 1 aromatic heterocycles. The lowest BCUT2D eigenvalue weighted by Gasteiger charge is -2.12. The Morgan fingerprint density at radius 2 is 2.56 bits per heavy atom. The molecular formula is C12H15N3O3. The van der Waals surface area contributed by atoms with Gasteiger partial charge in [0.15, 0.2) is 5.82 Å². The fraction of sp³-hybridized carbons (Fsp3) is 0.417. The molecule has 96 valence electrons. The third-order valence-corrected chi connectivity index (χ3v) is 2.81. The molecule has 0 saturated carbocycles. The molecule has 0 aromatic carbocycles. The summed E-state index contributed by atoms with van der Waals surface area (Å²) in [7, 11) is 0.